The second-order valence-corrected chi connectivity index (χ2v) is 4.94. The van der Waals surface area contributed by atoms with Gasteiger partial charge in [0.2, 0.25) is 0 Å². The molecule has 1 aromatic heterocycles. The molecular weight excluding hydrogens is 332 g/mol. The standard InChI is InChI=1S/C16H14N2O7/c19-13(20)8-11(16(23)24)18-14(21)9-4-1-2-5-10(9)17-15(22)12-6-3-7-25-12/h1-7,11H,8H2,(H,17,22)(H,18,21)(H,19,20)(H,23,24)/t11-/m1/s1. The van der Waals surface area contributed by atoms with Gasteiger partial charge in [0.25, 0.3) is 11.8 Å². The minimum absolute atomic E-state index is 0.0148. The first-order valence-electron chi connectivity index (χ1n) is 7.08. The van der Waals surface area contributed by atoms with Gasteiger partial charge in [0.15, 0.2) is 5.76 Å². The van der Waals surface area contributed by atoms with Crippen molar-refractivity contribution < 1.29 is 33.8 Å². The van der Waals surface area contributed by atoms with Gasteiger partial charge in [-0.1, -0.05) is 12.1 Å². The Morgan fingerprint density at radius 1 is 1.00 bits per heavy atom. The van der Waals surface area contributed by atoms with E-state index in [0.29, 0.717) is 0 Å². The van der Waals surface area contributed by atoms with E-state index in [1.165, 1.54) is 36.6 Å². The summed E-state index contributed by atoms with van der Waals surface area (Å²) in [4.78, 5) is 46.1. The monoisotopic (exact) mass is 346 g/mol. The second kappa shape index (κ2) is 7.77. The Morgan fingerprint density at radius 3 is 2.32 bits per heavy atom. The Hall–Kier alpha value is -3.62. The zero-order valence-corrected chi connectivity index (χ0v) is 12.8. The number of aliphatic carboxylic acids is 2. The molecule has 9 nitrogen and oxygen atoms in total. The number of rotatable bonds is 7. The summed E-state index contributed by atoms with van der Waals surface area (Å²) in [6.45, 7) is 0. The molecule has 130 valence electrons. The number of carboxylic acids is 2. The molecule has 1 heterocycles. The van der Waals surface area contributed by atoms with E-state index in [9.17, 15) is 19.2 Å². The van der Waals surface area contributed by atoms with E-state index in [1.807, 2.05) is 0 Å². The molecule has 0 aliphatic rings. The summed E-state index contributed by atoms with van der Waals surface area (Å²) in [6, 6.07) is 7.27. The summed E-state index contributed by atoms with van der Waals surface area (Å²) >= 11 is 0. The van der Waals surface area contributed by atoms with E-state index < -0.39 is 36.2 Å². The summed E-state index contributed by atoms with van der Waals surface area (Å²) < 4.78 is 4.95. The molecule has 25 heavy (non-hydrogen) atoms. The molecule has 0 radical (unpaired) electrons. The van der Waals surface area contributed by atoms with Crippen LogP contribution in [0.1, 0.15) is 27.3 Å². The van der Waals surface area contributed by atoms with Crippen molar-refractivity contribution in [2.75, 3.05) is 5.32 Å². The van der Waals surface area contributed by atoms with Crippen LogP contribution in [0.25, 0.3) is 0 Å². The molecule has 0 fully saturated rings. The first-order chi connectivity index (χ1) is 11.9. The molecule has 4 N–H and O–H groups in total. The van der Waals surface area contributed by atoms with Crippen molar-refractivity contribution in [3.8, 4) is 0 Å². The van der Waals surface area contributed by atoms with E-state index in [0.717, 1.165) is 0 Å². The number of benzene rings is 1. The molecule has 0 unspecified atom stereocenters. The van der Waals surface area contributed by atoms with Gasteiger partial charge >= 0.3 is 11.9 Å². The molecule has 2 amide bonds. The first kappa shape index (κ1) is 17.7. The first-order valence-corrected chi connectivity index (χ1v) is 7.08. The molecule has 0 saturated heterocycles. The van der Waals surface area contributed by atoms with Gasteiger partial charge in [0.05, 0.1) is 23.9 Å². The van der Waals surface area contributed by atoms with Gasteiger partial charge < -0.3 is 25.3 Å². The largest absolute Gasteiger partial charge is 0.481 e. The topological polar surface area (TPSA) is 146 Å². The van der Waals surface area contributed by atoms with Crippen LogP contribution < -0.4 is 10.6 Å². The van der Waals surface area contributed by atoms with E-state index in [2.05, 4.69) is 10.6 Å². The van der Waals surface area contributed by atoms with Crippen LogP contribution in [0.4, 0.5) is 5.69 Å². The van der Waals surface area contributed by atoms with Crippen molar-refractivity contribution in [2.24, 2.45) is 0 Å². The fourth-order valence-electron chi connectivity index (χ4n) is 1.99. The highest BCUT2D eigenvalue weighted by Gasteiger charge is 2.25. The Labute approximate surface area is 141 Å². The number of anilines is 1. The molecule has 2 rings (SSSR count). The van der Waals surface area contributed by atoms with Crippen LogP contribution >= 0.6 is 0 Å². The number of hydrogen-bond donors (Lipinski definition) is 4. The summed E-state index contributed by atoms with van der Waals surface area (Å²) in [7, 11) is 0. The number of hydrogen-bond acceptors (Lipinski definition) is 5. The molecule has 9 heteroatoms. The molecular formula is C16H14N2O7. The summed E-state index contributed by atoms with van der Waals surface area (Å²) in [5, 5.41) is 22.3. The van der Waals surface area contributed by atoms with E-state index in [1.54, 1.807) is 6.07 Å². The average Bonchev–Trinajstić information content (AvgIpc) is 3.08. The lowest BCUT2D eigenvalue weighted by molar-refractivity contribution is -0.145. The lowest BCUT2D eigenvalue weighted by atomic mass is 10.1. The number of amides is 2. The molecule has 1 atom stereocenters. The van der Waals surface area contributed by atoms with Crippen LogP contribution in [0.3, 0.4) is 0 Å². The van der Waals surface area contributed by atoms with E-state index in [-0.39, 0.29) is 17.0 Å². The maximum atomic E-state index is 12.3. The zero-order valence-electron chi connectivity index (χ0n) is 12.8. The number of carboxylic acid groups (broad SMARTS) is 2. The van der Waals surface area contributed by atoms with Crippen LogP contribution in [-0.4, -0.2) is 40.0 Å². The van der Waals surface area contributed by atoms with Crippen molar-refractivity contribution in [3.05, 3.63) is 54.0 Å². The zero-order chi connectivity index (χ0) is 18.4. The van der Waals surface area contributed by atoms with Crippen LogP contribution in [0.5, 0.6) is 0 Å². The number of carbonyl (C=O) groups is 4. The minimum Gasteiger partial charge on any atom is -0.481 e. The van der Waals surface area contributed by atoms with Crippen LogP contribution in [-0.2, 0) is 9.59 Å². The summed E-state index contributed by atoms with van der Waals surface area (Å²) in [5.41, 5.74) is 0.111. The van der Waals surface area contributed by atoms with Crippen LogP contribution in [0.2, 0.25) is 0 Å². The number of para-hydroxylation sites is 1. The predicted molar refractivity (Wildman–Crippen MR) is 84.2 cm³/mol. The molecule has 0 bridgehead atoms. The third kappa shape index (κ3) is 4.67. The Kier molecular flexibility index (Phi) is 5.51. The molecule has 0 aliphatic carbocycles. The predicted octanol–water partition coefficient (Wildman–Crippen LogP) is 1.19. The van der Waals surface area contributed by atoms with Gasteiger partial charge in [0, 0.05) is 0 Å². The number of carbonyl (C=O) groups excluding carboxylic acids is 2. The maximum absolute atomic E-state index is 12.3. The van der Waals surface area contributed by atoms with Crippen LogP contribution in [0, 0.1) is 0 Å². The molecule has 0 spiro atoms. The fraction of sp³-hybridized carbons (Fsp3) is 0.125. The van der Waals surface area contributed by atoms with Gasteiger partial charge in [-0.15, -0.1) is 0 Å². The van der Waals surface area contributed by atoms with E-state index >= 15 is 0 Å². The van der Waals surface area contributed by atoms with Gasteiger partial charge in [-0.25, -0.2) is 4.79 Å². The van der Waals surface area contributed by atoms with Crippen LogP contribution in [0.15, 0.2) is 47.1 Å². The van der Waals surface area contributed by atoms with Crippen molar-refractivity contribution >= 4 is 29.4 Å². The molecule has 2 aromatic rings. The van der Waals surface area contributed by atoms with Gasteiger partial charge in [-0.3, -0.25) is 14.4 Å². The third-order valence-corrected chi connectivity index (χ3v) is 3.15. The normalized spacial score (nSPS) is 11.4. The van der Waals surface area contributed by atoms with Crippen molar-refractivity contribution in [1.29, 1.82) is 0 Å². The minimum atomic E-state index is -1.60. The highest BCUT2D eigenvalue weighted by Crippen LogP contribution is 2.17. The Morgan fingerprint density at radius 2 is 1.72 bits per heavy atom. The molecule has 0 aliphatic heterocycles. The third-order valence-electron chi connectivity index (χ3n) is 3.15. The van der Waals surface area contributed by atoms with E-state index in [4.69, 9.17) is 14.6 Å². The maximum Gasteiger partial charge on any atom is 0.326 e. The van der Waals surface area contributed by atoms with Crippen molar-refractivity contribution in [1.82, 2.24) is 5.32 Å². The smallest absolute Gasteiger partial charge is 0.326 e. The molecule has 0 saturated carbocycles. The summed E-state index contributed by atoms with van der Waals surface area (Å²) in [5.74, 6) is -4.24. The Bertz CT molecular complexity index is 799. The van der Waals surface area contributed by atoms with Gasteiger partial charge in [0.1, 0.15) is 6.04 Å². The Balaban J connectivity index is 2.18. The number of nitrogens with one attached hydrogen (secondary N) is 2. The lowest BCUT2D eigenvalue weighted by Crippen LogP contribution is -2.42. The summed E-state index contributed by atoms with van der Waals surface area (Å²) in [6.07, 6.45) is 0.541. The quantitative estimate of drug-likeness (QED) is 0.589. The highest BCUT2D eigenvalue weighted by atomic mass is 16.4. The number of furan rings is 1. The SMILES string of the molecule is O=C(O)C[C@@H](NC(=O)c1ccccc1NC(=O)c1ccco1)C(=O)O. The van der Waals surface area contributed by atoms with Gasteiger partial charge in [-0.05, 0) is 24.3 Å². The van der Waals surface area contributed by atoms with Crippen molar-refractivity contribution in [3.63, 3.8) is 0 Å². The highest BCUT2D eigenvalue weighted by molar-refractivity contribution is 6.08. The second-order valence-electron chi connectivity index (χ2n) is 4.94. The fourth-order valence-corrected chi connectivity index (χ4v) is 1.99. The van der Waals surface area contributed by atoms with Crippen molar-refractivity contribution in [2.45, 2.75) is 12.5 Å². The lowest BCUT2D eigenvalue weighted by Gasteiger charge is -2.14. The average molecular weight is 346 g/mol. The molecule has 1 aromatic carbocycles. The van der Waals surface area contributed by atoms with Gasteiger partial charge in [-0.2, -0.15) is 0 Å².